The van der Waals surface area contributed by atoms with Crippen molar-refractivity contribution in [1.82, 2.24) is 14.9 Å². The predicted molar refractivity (Wildman–Crippen MR) is 91.5 cm³/mol. The Kier molecular flexibility index (Phi) is 3.31. The molecule has 0 bridgehead atoms. The van der Waals surface area contributed by atoms with Gasteiger partial charge in [0.25, 0.3) is 0 Å². The molecule has 0 unspecified atom stereocenters. The van der Waals surface area contributed by atoms with Gasteiger partial charge in [0.05, 0.1) is 22.3 Å². The molecule has 0 aliphatic carbocycles. The number of para-hydroxylation sites is 1. The van der Waals surface area contributed by atoms with Gasteiger partial charge in [-0.1, -0.05) is 12.1 Å². The molecule has 2 aromatic heterocycles. The molecule has 1 aromatic carbocycles. The topological polar surface area (TPSA) is 73.1 Å². The number of rotatable bonds is 3. The van der Waals surface area contributed by atoms with Crippen LogP contribution in [0.1, 0.15) is 10.6 Å². The van der Waals surface area contributed by atoms with Crippen LogP contribution in [0.4, 0.5) is 0 Å². The Hall–Kier alpha value is -2.73. The van der Waals surface area contributed by atoms with Crippen molar-refractivity contribution in [2.24, 2.45) is 0 Å². The highest BCUT2D eigenvalue weighted by atomic mass is 32.1. The van der Waals surface area contributed by atoms with Crippen molar-refractivity contribution in [3.05, 3.63) is 65.1 Å². The lowest BCUT2D eigenvalue weighted by atomic mass is 10.2. The number of nitrogens with zero attached hydrogens (tertiary/aromatic N) is 3. The maximum absolute atomic E-state index is 10.3. The first kappa shape index (κ1) is 13.9. The number of benzene rings is 1. The van der Waals surface area contributed by atoms with Crippen molar-refractivity contribution in [2.45, 2.75) is 6.54 Å². The van der Waals surface area contributed by atoms with E-state index in [1.165, 1.54) is 11.3 Å². The van der Waals surface area contributed by atoms with Gasteiger partial charge in [0, 0.05) is 18.9 Å². The summed E-state index contributed by atoms with van der Waals surface area (Å²) in [7, 11) is 0. The van der Waals surface area contributed by atoms with E-state index < -0.39 is 0 Å². The van der Waals surface area contributed by atoms with Gasteiger partial charge >= 0.3 is 0 Å². The first-order valence-corrected chi connectivity index (χ1v) is 8.05. The molecule has 0 amide bonds. The van der Waals surface area contributed by atoms with Gasteiger partial charge in [-0.25, -0.2) is 4.98 Å². The third-order valence-electron chi connectivity index (χ3n) is 3.81. The molecule has 1 aliphatic rings. The summed E-state index contributed by atoms with van der Waals surface area (Å²) in [6.45, 7) is 0.909. The Morgan fingerprint density at radius 3 is 2.74 bits per heavy atom. The van der Waals surface area contributed by atoms with E-state index in [-0.39, 0.29) is 5.76 Å². The fourth-order valence-corrected chi connectivity index (χ4v) is 3.71. The number of thiazole rings is 1. The van der Waals surface area contributed by atoms with E-state index in [0.29, 0.717) is 29.5 Å². The number of hydrogen-bond acceptors (Lipinski definition) is 5. The van der Waals surface area contributed by atoms with Gasteiger partial charge < -0.3 is 10.0 Å². The largest absolute Gasteiger partial charge is 0.510 e. The van der Waals surface area contributed by atoms with Crippen LogP contribution in [0.3, 0.4) is 0 Å². The van der Waals surface area contributed by atoms with Crippen LogP contribution in [0.2, 0.25) is 0 Å². The monoisotopic (exact) mass is 322 g/mol. The van der Waals surface area contributed by atoms with Crippen molar-refractivity contribution in [3.8, 4) is 0 Å². The Morgan fingerprint density at radius 1 is 1.17 bits per heavy atom. The van der Waals surface area contributed by atoms with E-state index >= 15 is 0 Å². The molecule has 0 saturated heterocycles. The highest BCUT2D eigenvalue weighted by Gasteiger charge is 2.30. The summed E-state index contributed by atoms with van der Waals surface area (Å²) in [5, 5.41) is 19.5. The summed E-state index contributed by atoms with van der Waals surface area (Å²) in [6, 6.07) is 11.7. The van der Waals surface area contributed by atoms with Crippen molar-refractivity contribution in [1.29, 1.82) is 5.41 Å². The summed E-state index contributed by atoms with van der Waals surface area (Å²) >= 11 is 1.50. The molecule has 0 fully saturated rings. The molecule has 23 heavy (non-hydrogen) atoms. The van der Waals surface area contributed by atoms with Crippen LogP contribution in [0.5, 0.6) is 0 Å². The van der Waals surface area contributed by atoms with Crippen molar-refractivity contribution < 1.29 is 5.11 Å². The Labute approximate surface area is 137 Å². The summed E-state index contributed by atoms with van der Waals surface area (Å²) < 4.78 is 1.06. The van der Waals surface area contributed by atoms with Crippen molar-refractivity contribution in [3.63, 3.8) is 0 Å². The molecular weight excluding hydrogens is 308 g/mol. The second-order valence-corrected chi connectivity index (χ2v) is 6.40. The number of fused-ring (bicyclic) bond motifs is 1. The zero-order valence-corrected chi connectivity index (χ0v) is 13.0. The lowest BCUT2D eigenvalue weighted by Crippen LogP contribution is -2.26. The second kappa shape index (κ2) is 5.48. The number of aromatic nitrogens is 2. The van der Waals surface area contributed by atoms with Crippen LogP contribution in [0, 0.1) is 5.41 Å². The number of amidine groups is 1. The minimum absolute atomic E-state index is 0.211. The van der Waals surface area contributed by atoms with E-state index in [1.807, 2.05) is 41.3 Å². The minimum Gasteiger partial charge on any atom is -0.510 e. The molecule has 6 heteroatoms. The third kappa shape index (κ3) is 2.47. The molecule has 0 radical (unpaired) electrons. The first-order valence-electron chi connectivity index (χ1n) is 7.23. The lowest BCUT2D eigenvalue weighted by Gasteiger charge is -2.18. The summed E-state index contributed by atoms with van der Waals surface area (Å²) in [5.41, 5.74) is 2.50. The molecule has 0 atom stereocenters. The van der Waals surface area contributed by atoms with E-state index in [2.05, 4.69) is 9.97 Å². The summed E-state index contributed by atoms with van der Waals surface area (Å²) in [5.74, 6) is 0.529. The van der Waals surface area contributed by atoms with Crippen LogP contribution < -0.4 is 0 Å². The molecule has 1 aliphatic heterocycles. The first-order chi connectivity index (χ1) is 11.2. The number of aliphatic hydroxyl groups excluding tert-OH is 1. The van der Waals surface area contributed by atoms with Gasteiger partial charge in [-0.15, -0.1) is 11.3 Å². The fraction of sp³-hybridized carbons (Fsp3) is 0.118. The molecule has 4 rings (SSSR count). The standard InChI is InChI=1S/C17H14N4OS/c18-16-15(17-20-12-3-1-2-4-14(12)23-17)13(22)10-21(16)9-11-5-7-19-8-6-11/h1-8,18,22H,9-10H2. The van der Waals surface area contributed by atoms with Crippen molar-refractivity contribution in [2.75, 3.05) is 6.54 Å². The Balaban J connectivity index is 1.64. The second-order valence-electron chi connectivity index (χ2n) is 5.37. The van der Waals surface area contributed by atoms with Gasteiger partial charge in [0.2, 0.25) is 0 Å². The number of hydrogen-bond donors (Lipinski definition) is 2. The molecule has 3 heterocycles. The highest BCUT2D eigenvalue weighted by molar-refractivity contribution is 7.19. The maximum atomic E-state index is 10.3. The van der Waals surface area contributed by atoms with Gasteiger partial charge in [0.1, 0.15) is 16.6 Å². The molecule has 114 valence electrons. The number of nitrogens with one attached hydrogen (secondary N) is 1. The van der Waals surface area contributed by atoms with Gasteiger partial charge in [-0.2, -0.15) is 0 Å². The van der Waals surface area contributed by atoms with E-state index in [4.69, 9.17) is 5.41 Å². The summed E-state index contributed by atoms with van der Waals surface area (Å²) in [6.07, 6.45) is 3.47. The van der Waals surface area contributed by atoms with Gasteiger partial charge in [-0.3, -0.25) is 10.4 Å². The van der Waals surface area contributed by atoms with E-state index in [9.17, 15) is 5.11 Å². The predicted octanol–water partition coefficient (Wildman–Crippen LogP) is 3.45. The van der Waals surface area contributed by atoms with E-state index in [1.54, 1.807) is 12.4 Å². The zero-order valence-electron chi connectivity index (χ0n) is 12.2. The highest BCUT2D eigenvalue weighted by Crippen LogP contribution is 2.33. The van der Waals surface area contributed by atoms with Crippen LogP contribution in [-0.4, -0.2) is 32.4 Å². The molecule has 0 spiro atoms. The average Bonchev–Trinajstić information content (AvgIpc) is 3.09. The lowest BCUT2D eigenvalue weighted by molar-refractivity contribution is 0.347. The quantitative estimate of drug-likeness (QED) is 0.774. The van der Waals surface area contributed by atoms with Gasteiger partial charge in [-0.05, 0) is 29.8 Å². The normalized spacial score (nSPS) is 15.0. The molecule has 3 aromatic rings. The van der Waals surface area contributed by atoms with Crippen LogP contribution in [-0.2, 0) is 6.54 Å². The van der Waals surface area contributed by atoms with Crippen LogP contribution >= 0.6 is 11.3 Å². The Bertz CT molecular complexity index is 884. The maximum Gasteiger partial charge on any atom is 0.135 e. The SMILES string of the molecule is N=C1C(c2nc3ccccc3s2)=C(O)CN1Cc1ccncc1. The average molecular weight is 322 g/mol. The molecular formula is C17H14N4OS. The molecule has 2 N–H and O–H groups in total. The van der Waals surface area contributed by atoms with Crippen LogP contribution in [0.15, 0.2) is 54.6 Å². The zero-order chi connectivity index (χ0) is 15.8. The summed E-state index contributed by atoms with van der Waals surface area (Å²) in [4.78, 5) is 10.4. The molecule has 0 saturated carbocycles. The fourth-order valence-electron chi connectivity index (χ4n) is 2.68. The smallest absolute Gasteiger partial charge is 0.135 e. The van der Waals surface area contributed by atoms with Gasteiger partial charge in [0.15, 0.2) is 0 Å². The van der Waals surface area contributed by atoms with Crippen molar-refractivity contribution >= 4 is 33.0 Å². The van der Waals surface area contributed by atoms with E-state index in [0.717, 1.165) is 15.8 Å². The Morgan fingerprint density at radius 2 is 1.96 bits per heavy atom. The number of aliphatic hydroxyl groups is 1. The third-order valence-corrected chi connectivity index (χ3v) is 4.87. The minimum atomic E-state index is 0.211. The number of pyridine rings is 1. The molecule has 5 nitrogen and oxygen atoms in total. The van der Waals surface area contributed by atoms with Crippen LogP contribution in [0.25, 0.3) is 15.8 Å².